The Bertz CT molecular complexity index is 514. The minimum atomic E-state index is -1.24. The van der Waals surface area contributed by atoms with Crippen LogP contribution in [0.3, 0.4) is 0 Å². The van der Waals surface area contributed by atoms with Crippen molar-refractivity contribution in [2.24, 2.45) is 0 Å². The van der Waals surface area contributed by atoms with Crippen LogP contribution in [0.1, 0.15) is 25.3 Å². The molecule has 0 aliphatic heterocycles. The van der Waals surface area contributed by atoms with E-state index in [0.717, 1.165) is 0 Å². The molecule has 21 heavy (non-hydrogen) atoms. The SMILES string of the molecule is CCOC(=O)C(C(=O)OCC)c1cc(Br)cc(Cl)c1OC. The van der Waals surface area contributed by atoms with Crippen molar-refractivity contribution in [1.82, 2.24) is 0 Å². The van der Waals surface area contributed by atoms with Gasteiger partial charge in [-0.3, -0.25) is 9.59 Å². The van der Waals surface area contributed by atoms with Crippen LogP contribution >= 0.6 is 27.5 Å². The second-order valence-electron chi connectivity index (χ2n) is 3.95. The van der Waals surface area contributed by atoms with Crippen molar-refractivity contribution in [2.75, 3.05) is 20.3 Å². The standard InChI is InChI=1S/C14H16BrClO5/c1-4-20-13(17)11(14(18)21-5-2)9-6-8(15)7-10(16)12(9)19-3/h6-7,11H,4-5H2,1-3H3. The van der Waals surface area contributed by atoms with Crippen LogP contribution in [0, 0.1) is 0 Å². The van der Waals surface area contributed by atoms with Crippen LogP contribution in [-0.4, -0.2) is 32.3 Å². The summed E-state index contributed by atoms with van der Waals surface area (Å²) in [4.78, 5) is 24.2. The van der Waals surface area contributed by atoms with E-state index in [0.29, 0.717) is 10.0 Å². The molecule has 7 heteroatoms. The van der Waals surface area contributed by atoms with Crippen molar-refractivity contribution in [3.63, 3.8) is 0 Å². The molecule has 0 amide bonds. The molecule has 0 spiro atoms. The van der Waals surface area contributed by atoms with E-state index in [-0.39, 0.29) is 24.0 Å². The summed E-state index contributed by atoms with van der Waals surface area (Å²) in [5.41, 5.74) is 0.300. The Hall–Kier alpha value is -1.27. The van der Waals surface area contributed by atoms with E-state index in [9.17, 15) is 9.59 Å². The average Bonchev–Trinajstić information content (AvgIpc) is 2.39. The maximum Gasteiger partial charge on any atom is 0.325 e. The van der Waals surface area contributed by atoms with Gasteiger partial charge in [0.05, 0.1) is 25.3 Å². The highest BCUT2D eigenvalue weighted by molar-refractivity contribution is 9.10. The quantitative estimate of drug-likeness (QED) is 0.560. The Morgan fingerprint density at radius 2 is 1.71 bits per heavy atom. The molecule has 116 valence electrons. The summed E-state index contributed by atoms with van der Waals surface area (Å²) in [5.74, 6) is -2.41. The third-order valence-electron chi connectivity index (χ3n) is 2.60. The van der Waals surface area contributed by atoms with Gasteiger partial charge >= 0.3 is 11.9 Å². The van der Waals surface area contributed by atoms with Crippen LogP contribution in [0.2, 0.25) is 5.02 Å². The van der Waals surface area contributed by atoms with Gasteiger partial charge in [0, 0.05) is 10.0 Å². The summed E-state index contributed by atoms with van der Waals surface area (Å²) in [6.45, 7) is 3.62. The first-order valence-electron chi connectivity index (χ1n) is 6.32. The summed E-state index contributed by atoms with van der Waals surface area (Å²) in [7, 11) is 1.41. The molecule has 0 saturated carbocycles. The van der Waals surface area contributed by atoms with Crippen LogP contribution in [0.4, 0.5) is 0 Å². The third-order valence-corrected chi connectivity index (χ3v) is 3.34. The highest BCUT2D eigenvalue weighted by Gasteiger charge is 2.35. The van der Waals surface area contributed by atoms with Crippen LogP contribution in [0.5, 0.6) is 5.75 Å². The summed E-state index contributed by atoms with van der Waals surface area (Å²) in [6, 6.07) is 3.19. The largest absolute Gasteiger partial charge is 0.495 e. The number of carbonyl (C=O) groups is 2. The summed E-state index contributed by atoms with van der Waals surface area (Å²) >= 11 is 9.36. The first-order chi connectivity index (χ1) is 9.96. The fraction of sp³-hybridized carbons (Fsp3) is 0.429. The lowest BCUT2D eigenvalue weighted by Crippen LogP contribution is -2.26. The van der Waals surface area contributed by atoms with E-state index in [1.807, 2.05) is 0 Å². The van der Waals surface area contributed by atoms with E-state index in [1.165, 1.54) is 7.11 Å². The van der Waals surface area contributed by atoms with Gasteiger partial charge in [-0.1, -0.05) is 27.5 Å². The molecule has 0 fully saturated rings. The molecule has 1 rings (SSSR count). The second-order valence-corrected chi connectivity index (χ2v) is 5.27. The lowest BCUT2D eigenvalue weighted by molar-refractivity contribution is -0.157. The van der Waals surface area contributed by atoms with Crippen molar-refractivity contribution in [1.29, 1.82) is 0 Å². The van der Waals surface area contributed by atoms with E-state index in [4.69, 9.17) is 25.8 Å². The van der Waals surface area contributed by atoms with Crippen LogP contribution < -0.4 is 4.74 Å². The first-order valence-corrected chi connectivity index (χ1v) is 7.49. The molecular weight excluding hydrogens is 364 g/mol. The summed E-state index contributed by atoms with van der Waals surface area (Å²) in [5, 5.41) is 0.278. The molecule has 0 aliphatic carbocycles. The van der Waals surface area contributed by atoms with E-state index in [1.54, 1.807) is 26.0 Å². The third kappa shape index (κ3) is 4.35. The summed E-state index contributed by atoms with van der Waals surface area (Å²) < 4.78 is 15.7. The number of methoxy groups -OCH3 is 1. The highest BCUT2D eigenvalue weighted by Crippen LogP contribution is 2.37. The van der Waals surface area contributed by atoms with Crippen molar-refractivity contribution < 1.29 is 23.8 Å². The van der Waals surface area contributed by atoms with Crippen molar-refractivity contribution in [2.45, 2.75) is 19.8 Å². The zero-order chi connectivity index (χ0) is 16.0. The first kappa shape index (κ1) is 17.8. The molecule has 1 aromatic carbocycles. The fourth-order valence-electron chi connectivity index (χ4n) is 1.81. The average molecular weight is 380 g/mol. The van der Waals surface area contributed by atoms with Gasteiger partial charge < -0.3 is 14.2 Å². The number of hydrogen-bond donors (Lipinski definition) is 0. The highest BCUT2D eigenvalue weighted by atomic mass is 79.9. The normalized spacial score (nSPS) is 10.4. The van der Waals surface area contributed by atoms with Gasteiger partial charge in [0.15, 0.2) is 5.92 Å². The molecule has 0 radical (unpaired) electrons. The maximum absolute atomic E-state index is 12.1. The molecule has 0 atom stereocenters. The van der Waals surface area contributed by atoms with Crippen molar-refractivity contribution in [3.05, 3.63) is 27.2 Å². The Morgan fingerprint density at radius 3 is 2.14 bits per heavy atom. The fourth-order valence-corrected chi connectivity index (χ4v) is 2.72. The smallest absolute Gasteiger partial charge is 0.325 e. The Kier molecular flexibility index (Phi) is 6.98. The molecule has 0 heterocycles. The molecule has 1 aromatic rings. The topological polar surface area (TPSA) is 61.8 Å². The lowest BCUT2D eigenvalue weighted by Gasteiger charge is -2.18. The zero-order valence-corrected chi connectivity index (χ0v) is 14.3. The van der Waals surface area contributed by atoms with Crippen molar-refractivity contribution in [3.8, 4) is 5.75 Å². The molecule has 0 unspecified atom stereocenters. The monoisotopic (exact) mass is 378 g/mol. The van der Waals surface area contributed by atoms with Crippen LogP contribution in [0.25, 0.3) is 0 Å². The molecule has 5 nitrogen and oxygen atoms in total. The lowest BCUT2D eigenvalue weighted by atomic mass is 9.98. The van der Waals surface area contributed by atoms with Gasteiger partial charge in [-0.05, 0) is 26.0 Å². The van der Waals surface area contributed by atoms with E-state index < -0.39 is 17.9 Å². The number of hydrogen-bond acceptors (Lipinski definition) is 5. The summed E-state index contributed by atoms with van der Waals surface area (Å²) in [6.07, 6.45) is 0. The number of rotatable bonds is 6. The minimum Gasteiger partial charge on any atom is -0.495 e. The molecule has 0 saturated heterocycles. The minimum absolute atomic E-state index is 0.152. The molecule has 0 aromatic heterocycles. The van der Waals surface area contributed by atoms with Crippen LogP contribution in [-0.2, 0) is 19.1 Å². The van der Waals surface area contributed by atoms with Crippen molar-refractivity contribution >= 4 is 39.5 Å². The van der Waals surface area contributed by atoms with Gasteiger partial charge in [-0.25, -0.2) is 0 Å². The number of benzene rings is 1. The Labute approximate surface area is 136 Å². The van der Waals surface area contributed by atoms with Gasteiger partial charge in [-0.2, -0.15) is 0 Å². The predicted molar refractivity (Wildman–Crippen MR) is 81.7 cm³/mol. The molecule has 0 aliphatic rings. The van der Waals surface area contributed by atoms with E-state index in [2.05, 4.69) is 15.9 Å². The number of carbonyl (C=O) groups excluding carboxylic acids is 2. The Morgan fingerprint density at radius 1 is 1.19 bits per heavy atom. The number of esters is 2. The zero-order valence-electron chi connectivity index (χ0n) is 11.9. The van der Waals surface area contributed by atoms with Crippen LogP contribution in [0.15, 0.2) is 16.6 Å². The van der Waals surface area contributed by atoms with Gasteiger partial charge in [0.2, 0.25) is 0 Å². The van der Waals surface area contributed by atoms with E-state index >= 15 is 0 Å². The maximum atomic E-state index is 12.1. The molecule has 0 bridgehead atoms. The van der Waals surface area contributed by atoms with Gasteiger partial charge in [0.1, 0.15) is 5.75 Å². The van der Waals surface area contributed by atoms with Gasteiger partial charge in [0.25, 0.3) is 0 Å². The van der Waals surface area contributed by atoms with Gasteiger partial charge in [-0.15, -0.1) is 0 Å². The predicted octanol–water partition coefficient (Wildman–Crippen LogP) is 3.32. The molecule has 0 N–H and O–H groups in total. The number of ether oxygens (including phenoxy) is 3. The Balaban J connectivity index is 3.37. The second kappa shape index (κ2) is 8.24. The number of halogens is 2. The molecular formula is C14H16BrClO5.